The van der Waals surface area contributed by atoms with Gasteiger partial charge in [-0.1, -0.05) is 12.2 Å². The van der Waals surface area contributed by atoms with Gasteiger partial charge in [0.15, 0.2) is 0 Å². The van der Waals surface area contributed by atoms with Gasteiger partial charge in [-0.15, -0.1) is 23.2 Å². The van der Waals surface area contributed by atoms with Crippen LogP contribution in [0.25, 0.3) is 0 Å². The molecule has 10 heavy (non-hydrogen) atoms. The highest BCUT2D eigenvalue weighted by atomic mass is 35.5. The van der Waals surface area contributed by atoms with Gasteiger partial charge in [0.1, 0.15) is 0 Å². The van der Waals surface area contributed by atoms with E-state index in [1.54, 1.807) is 0 Å². The molecule has 56 valence electrons. The zero-order valence-corrected chi connectivity index (χ0v) is 7.20. The highest BCUT2D eigenvalue weighted by Crippen LogP contribution is 2.50. The van der Waals surface area contributed by atoms with Crippen molar-refractivity contribution < 1.29 is 0 Å². The van der Waals surface area contributed by atoms with Crippen LogP contribution in [-0.2, 0) is 0 Å². The van der Waals surface area contributed by atoms with Gasteiger partial charge in [0.2, 0.25) is 0 Å². The lowest BCUT2D eigenvalue weighted by Gasteiger charge is -2.25. The topological polar surface area (TPSA) is 0 Å². The van der Waals surface area contributed by atoms with Gasteiger partial charge in [0.25, 0.3) is 0 Å². The van der Waals surface area contributed by atoms with Gasteiger partial charge >= 0.3 is 0 Å². The van der Waals surface area contributed by atoms with E-state index in [1.165, 1.54) is 6.42 Å². The van der Waals surface area contributed by atoms with Gasteiger partial charge in [-0.05, 0) is 24.7 Å². The van der Waals surface area contributed by atoms with Crippen LogP contribution in [0.15, 0.2) is 12.2 Å². The molecule has 2 bridgehead atoms. The lowest BCUT2D eigenvalue weighted by atomic mass is 9.95. The Morgan fingerprint density at radius 1 is 1.50 bits per heavy atom. The second kappa shape index (κ2) is 2.15. The van der Waals surface area contributed by atoms with Crippen molar-refractivity contribution in [1.82, 2.24) is 0 Å². The number of fused-ring (bicyclic) bond motifs is 2. The Hall–Kier alpha value is 0.320. The van der Waals surface area contributed by atoms with E-state index >= 15 is 0 Å². The summed E-state index contributed by atoms with van der Waals surface area (Å²) in [5.41, 5.74) is 0. The van der Waals surface area contributed by atoms with Gasteiger partial charge in [0.05, 0.1) is 4.87 Å². The van der Waals surface area contributed by atoms with E-state index < -0.39 is 0 Å². The van der Waals surface area contributed by atoms with Crippen LogP contribution in [0.4, 0.5) is 0 Å². The molecule has 2 heteroatoms. The lowest BCUT2D eigenvalue weighted by Crippen LogP contribution is -2.28. The molecule has 2 aliphatic carbocycles. The molecule has 0 aliphatic heterocycles. The molecule has 1 fully saturated rings. The number of hydrogen-bond donors (Lipinski definition) is 0. The Morgan fingerprint density at radius 3 is 2.60 bits per heavy atom. The van der Waals surface area contributed by atoms with Crippen LogP contribution >= 0.6 is 23.2 Å². The van der Waals surface area contributed by atoms with Gasteiger partial charge in [0, 0.05) is 5.88 Å². The molecule has 1 saturated carbocycles. The van der Waals surface area contributed by atoms with Crippen molar-refractivity contribution in [3.8, 4) is 0 Å². The molecule has 3 atom stereocenters. The summed E-state index contributed by atoms with van der Waals surface area (Å²) in [5, 5.41) is 0. The minimum atomic E-state index is -0.0963. The number of alkyl halides is 2. The third-order valence-electron chi connectivity index (χ3n) is 2.66. The van der Waals surface area contributed by atoms with E-state index in [-0.39, 0.29) is 4.87 Å². The van der Waals surface area contributed by atoms with Gasteiger partial charge in [-0.25, -0.2) is 0 Å². The Labute approximate surface area is 71.2 Å². The van der Waals surface area contributed by atoms with Crippen molar-refractivity contribution in [3.63, 3.8) is 0 Å². The SMILES string of the molecule is ClCC1(Cl)CC2C=CC1C2. The van der Waals surface area contributed by atoms with Crippen LogP contribution in [0.2, 0.25) is 0 Å². The fraction of sp³-hybridized carbons (Fsp3) is 0.750. The molecule has 0 amide bonds. The first-order chi connectivity index (χ1) is 4.74. The first-order valence-corrected chi connectivity index (χ1v) is 4.59. The quantitative estimate of drug-likeness (QED) is 0.426. The highest BCUT2D eigenvalue weighted by Gasteiger charge is 2.46. The molecule has 0 spiro atoms. The number of halogens is 2. The van der Waals surface area contributed by atoms with Crippen LogP contribution in [0.3, 0.4) is 0 Å². The summed E-state index contributed by atoms with van der Waals surface area (Å²) in [6.45, 7) is 0. The van der Waals surface area contributed by atoms with Crippen LogP contribution in [0, 0.1) is 11.8 Å². The summed E-state index contributed by atoms with van der Waals surface area (Å²) in [6, 6.07) is 0. The molecule has 0 N–H and O–H groups in total. The lowest BCUT2D eigenvalue weighted by molar-refractivity contribution is 0.541. The Bertz CT molecular complexity index is 176. The largest absolute Gasteiger partial charge is 0.125 e. The highest BCUT2D eigenvalue weighted by molar-refractivity contribution is 6.31. The van der Waals surface area contributed by atoms with Crippen molar-refractivity contribution in [2.75, 3.05) is 5.88 Å². The first-order valence-electron chi connectivity index (χ1n) is 3.68. The zero-order valence-electron chi connectivity index (χ0n) is 5.69. The fourth-order valence-electron chi connectivity index (χ4n) is 2.05. The Balaban J connectivity index is 2.22. The average Bonchev–Trinajstić information content (AvgIpc) is 2.46. The predicted molar refractivity (Wildman–Crippen MR) is 44.7 cm³/mol. The van der Waals surface area contributed by atoms with Crippen molar-refractivity contribution in [3.05, 3.63) is 12.2 Å². The van der Waals surface area contributed by atoms with Crippen molar-refractivity contribution >= 4 is 23.2 Å². The molecular weight excluding hydrogens is 167 g/mol. The third-order valence-corrected chi connectivity index (χ3v) is 3.84. The van der Waals surface area contributed by atoms with E-state index in [0.29, 0.717) is 11.8 Å². The normalized spacial score (nSPS) is 50.6. The maximum atomic E-state index is 6.27. The molecule has 0 saturated heterocycles. The van der Waals surface area contributed by atoms with E-state index in [2.05, 4.69) is 12.2 Å². The smallest absolute Gasteiger partial charge is 0.0649 e. The summed E-state index contributed by atoms with van der Waals surface area (Å²) in [5.74, 6) is 1.87. The standard InChI is InChI=1S/C8H10Cl2/c9-5-8(10)4-6-1-2-7(8)3-6/h1-2,6-7H,3-5H2. The molecule has 0 heterocycles. The molecule has 0 aromatic carbocycles. The van der Waals surface area contributed by atoms with Crippen LogP contribution < -0.4 is 0 Å². The van der Waals surface area contributed by atoms with Gasteiger partial charge in [-0.2, -0.15) is 0 Å². The second-order valence-corrected chi connectivity index (χ2v) is 4.38. The monoisotopic (exact) mass is 176 g/mol. The summed E-state index contributed by atoms with van der Waals surface area (Å²) >= 11 is 12.0. The fourth-order valence-corrected chi connectivity index (χ4v) is 2.72. The van der Waals surface area contributed by atoms with Gasteiger partial charge < -0.3 is 0 Å². The molecule has 0 radical (unpaired) electrons. The van der Waals surface area contributed by atoms with Crippen molar-refractivity contribution in [1.29, 1.82) is 0 Å². The third kappa shape index (κ3) is 0.820. The molecular formula is C8H10Cl2. The van der Waals surface area contributed by atoms with E-state index in [4.69, 9.17) is 23.2 Å². The van der Waals surface area contributed by atoms with E-state index in [0.717, 1.165) is 12.3 Å². The zero-order chi connectivity index (χ0) is 7.19. The van der Waals surface area contributed by atoms with Crippen LogP contribution in [-0.4, -0.2) is 10.8 Å². The summed E-state index contributed by atoms with van der Waals surface area (Å²) in [6.07, 6.45) is 6.82. The van der Waals surface area contributed by atoms with Crippen molar-refractivity contribution in [2.45, 2.75) is 17.7 Å². The maximum Gasteiger partial charge on any atom is 0.0649 e. The maximum absolute atomic E-state index is 6.27. The van der Waals surface area contributed by atoms with Crippen LogP contribution in [0.1, 0.15) is 12.8 Å². The average molecular weight is 177 g/mol. The second-order valence-electron chi connectivity index (χ2n) is 3.36. The molecule has 0 aromatic rings. The Morgan fingerprint density at radius 2 is 2.30 bits per heavy atom. The van der Waals surface area contributed by atoms with Crippen molar-refractivity contribution in [2.24, 2.45) is 11.8 Å². The van der Waals surface area contributed by atoms with E-state index in [9.17, 15) is 0 Å². The van der Waals surface area contributed by atoms with Crippen LogP contribution in [0.5, 0.6) is 0 Å². The number of allylic oxidation sites excluding steroid dienone is 2. The Kier molecular flexibility index (Phi) is 1.50. The molecule has 0 nitrogen and oxygen atoms in total. The summed E-state index contributed by atoms with van der Waals surface area (Å²) in [7, 11) is 0. The minimum Gasteiger partial charge on any atom is -0.125 e. The minimum absolute atomic E-state index is 0.0963. The summed E-state index contributed by atoms with van der Waals surface area (Å²) < 4.78 is 0. The predicted octanol–water partition coefficient (Wildman–Crippen LogP) is 2.80. The number of rotatable bonds is 1. The number of hydrogen-bond acceptors (Lipinski definition) is 0. The van der Waals surface area contributed by atoms with E-state index in [1.807, 2.05) is 0 Å². The van der Waals surface area contributed by atoms with Gasteiger partial charge in [-0.3, -0.25) is 0 Å². The molecule has 0 aromatic heterocycles. The summed E-state index contributed by atoms with van der Waals surface area (Å²) in [4.78, 5) is -0.0963. The molecule has 2 aliphatic rings. The molecule has 2 rings (SSSR count). The first kappa shape index (κ1) is 7.00. The molecule has 3 unspecified atom stereocenters.